The fourth-order valence-corrected chi connectivity index (χ4v) is 1.67. The number of carbonyl (C=O) groups is 1. The maximum absolute atomic E-state index is 12.0. The molecule has 1 amide bonds. The van der Waals surface area contributed by atoms with Gasteiger partial charge in [0.2, 0.25) is 0 Å². The molecule has 0 unspecified atom stereocenters. The normalized spacial score (nSPS) is 15.6. The second-order valence-electron chi connectivity index (χ2n) is 3.60. The lowest BCUT2D eigenvalue weighted by Gasteiger charge is -2.26. The van der Waals surface area contributed by atoms with Crippen LogP contribution in [0, 0.1) is 11.3 Å². The smallest absolute Gasteiger partial charge is 0.254 e. The predicted octanol–water partition coefficient (Wildman–Crippen LogP) is 1.03. The second kappa shape index (κ2) is 4.77. The fraction of sp³-hybridized carbons (Fsp3) is 0.333. The highest BCUT2D eigenvalue weighted by atomic mass is 16.5. The highest BCUT2D eigenvalue weighted by Crippen LogP contribution is 2.09. The van der Waals surface area contributed by atoms with Gasteiger partial charge in [0.15, 0.2) is 0 Å². The summed E-state index contributed by atoms with van der Waals surface area (Å²) in [5.74, 6) is -0.0274. The van der Waals surface area contributed by atoms with Crippen LogP contribution in [0.4, 0.5) is 0 Å². The molecular formula is C12H12N2O2. The van der Waals surface area contributed by atoms with E-state index in [-0.39, 0.29) is 5.91 Å². The zero-order valence-electron chi connectivity index (χ0n) is 8.85. The molecule has 0 bridgehead atoms. The van der Waals surface area contributed by atoms with E-state index < -0.39 is 0 Å². The van der Waals surface area contributed by atoms with Crippen LogP contribution in [-0.2, 0) is 4.74 Å². The zero-order valence-corrected chi connectivity index (χ0v) is 8.85. The number of amides is 1. The Balaban J connectivity index is 2.16. The van der Waals surface area contributed by atoms with Crippen LogP contribution < -0.4 is 0 Å². The first-order valence-electron chi connectivity index (χ1n) is 5.18. The molecule has 82 valence electrons. The summed E-state index contributed by atoms with van der Waals surface area (Å²) in [6, 6.07) is 8.81. The van der Waals surface area contributed by atoms with E-state index in [2.05, 4.69) is 0 Å². The van der Waals surface area contributed by atoms with Crippen molar-refractivity contribution >= 4 is 5.91 Å². The Morgan fingerprint density at radius 1 is 1.38 bits per heavy atom. The summed E-state index contributed by atoms with van der Waals surface area (Å²) >= 11 is 0. The van der Waals surface area contributed by atoms with Crippen molar-refractivity contribution in [3.8, 4) is 6.07 Å². The molecule has 0 spiro atoms. The van der Waals surface area contributed by atoms with Crippen molar-refractivity contribution in [2.24, 2.45) is 0 Å². The minimum absolute atomic E-state index is 0.0274. The molecule has 0 aliphatic carbocycles. The van der Waals surface area contributed by atoms with E-state index in [1.165, 1.54) is 0 Å². The number of benzene rings is 1. The zero-order chi connectivity index (χ0) is 11.4. The van der Waals surface area contributed by atoms with E-state index in [4.69, 9.17) is 10.00 Å². The van der Waals surface area contributed by atoms with E-state index >= 15 is 0 Å². The fourth-order valence-electron chi connectivity index (χ4n) is 1.67. The summed E-state index contributed by atoms with van der Waals surface area (Å²) in [4.78, 5) is 13.8. The van der Waals surface area contributed by atoms with Crippen molar-refractivity contribution < 1.29 is 9.53 Å². The number of ether oxygens (including phenoxy) is 1. The van der Waals surface area contributed by atoms with E-state index in [1.807, 2.05) is 6.07 Å². The van der Waals surface area contributed by atoms with Gasteiger partial charge >= 0.3 is 0 Å². The van der Waals surface area contributed by atoms with Gasteiger partial charge in [-0.05, 0) is 18.2 Å². The molecule has 0 N–H and O–H groups in total. The molecule has 4 heteroatoms. The minimum atomic E-state index is -0.0274. The second-order valence-corrected chi connectivity index (χ2v) is 3.60. The van der Waals surface area contributed by atoms with Gasteiger partial charge in [-0.1, -0.05) is 6.07 Å². The lowest BCUT2D eigenvalue weighted by molar-refractivity contribution is 0.0303. The Morgan fingerprint density at radius 3 is 2.81 bits per heavy atom. The molecule has 2 rings (SSSR count). The van der Waals surface area contributed by atoms with Crippen LogP contribution in [0.3, 0.4) is 0 Å². The summed E-state index contributed by atoms with van der Waals surface area (Å²) in [6.45, 7) is 2.42. The minimum Gasteiger partial charge on any atom is -0.378 e. The highest BCUT2D eigenvalue weighted by Gasteiger charge is 2.18. The monoisotopic (exact) mass is 216 g/mol. The molecule has 1 aromatic rings. The van der Waals surface area contributed by atoms with Crippen LogP contribution in [0.1, 0.15) is 15.9 Å². The molecular weight excluding hydrogens is 204 g/mol. The van der Waals surface area contributed by atoms with Gasteiger partial charge in [0, 0.05) is 18.7 Å². The molecule has 1 saturated heterocycles. The number of carbonyl (C=O) groups excluding carboxylic acids is 1. The first-order chi connectivity index (χ1) is 7.81. The van der Waals surface area contributed by atoms with Gasteiger partial charge in [0.25, 0.3) is 5.91 Å². The summed E-state index contributed by atoms with van der Waals surface area (Å²) < 4.78 is 5.18. The summed E-state index contributed by atoms with van der Waals surface area (Å²) in [6.07, 6.45) is 0. The highest BCUT2D eigenvalue weighted by molar-refractivity contribution is 5.94. The van der Waals surface area contributed by atoms with E-state index in [0.717, 1.165) is 0 Å². The quantitative estimate of drug-likeness (QED) is 0.704. The van der Waals surface area contributed by atoms with Crippen LogP contribution in [0.25, 0.3) is 0 Å². The Bertz CT molecular complexity index is 431. The lowest BCUT2D eigenvalue weighted by Crippen LogP contribution is -2.40. The average Bonchev–Trinajstić information content (AvgIpc) is 2.39. The summed E-state index contributed by atoms with van der Waals surface area (Å²) in [5.41, 5.74) is 1.08. The molecule has 0 aromatic heterocycles. The Morgan fingerprint density at radius 2 is 2.12 bits per heavy atom. The molecule has 1 fully saturated rings. The topological polar surface area (TPSA) is 53.3 Å². The molecule has 1 aromatic carbocycles. The number of nitriles is 1. The van der Waals surface area contributed by atoms with Crippen LogP contribution in [0.5, 0.6) is 0 Å². The maximum atomic E-state index is 12.0. The van der Waals surface area contributed by atoms with Gasteiger partial charge in [-0.3, -0.25) is 4.79 Å². The summed E-state index contributed by atoms with van der Waals surface area (Å²) in [7, 11) is 0. The SMILES string of the molecule is N#Cc1cccc(C(=O)N2CCOCC2)c1. The van der Waals surface area contributed by atoms with Crippen molar-refractivity contribution in [2.75, 3.05) is 26.3 Å². The van der Waals surface area contributed by atoms with Crippen LogP contribution >= 0.6 is 0 Å². The van der Waals surface area contributed by atoms with E-state index in [1.54, 1.807) is 29.2 Å². The van der Waals surface area contributed by atoms with Crippen molar-refractivity contribution in [3.05, 3.63) is 35.4 Å². The van der Waals surface area contributed by atoms with Crippen molar-refractivity contribution in [3.63, 3.8) is 0 Å². The molecule has 0 radical (unpaired) electrons. The largest absolute Gasteiger partial charge is 0.378 e. The number of hydrogen-bond donors (Lipinski definition) is 0. The van der Waals surface area contributed by atoms with E-state index in [0.29, 0.717) is 37.4 Å². The van der Waals surface area contributed by atoms with Crippen LogP contribution in [0.2, 0.25) is 0 Å². The van der Waals surface area contributed by atoms with Gasteiger partial charge < -0.3 is 9.64 Å². The van der Waals surface area contributed by atoms with Gasteiger partial charge in [0.05, 0.1) is 24.8 Å². The third-order valence-electron chi connectivity index (χ3n) is 2.54. The van der Waals surface area contributed by atoms with Gasteiger partial charge in [0.1, 0.15) is 0 Å². The third-order valence-corrected chi connectivity index (χ3v) is 2.54. The first kappa shape index (κ1) is 10.7. The Labute approximate surface area is 94.0 Å². The molecule has 1 heterocycles. The van der Waals surface area contributed by atoms with Crippen molar-refractivity contribution in [1.82, 2.24) is 4.90 Å². The maximum Gasteiger partial charge on any atom is 0.254 e. The molecule has 0 atom stereocenters. The number of hydrogen-bond acceptors (Lipinski definition) is 3. The molecule has 0 saturated carbocycles. The first-order valence-corrected chi connectivity index (χ1v) is 5.18. The Kier molecular flexibility index (Phi) is 3.18. The molecule has 4 nitrogen and oxygen atoms in total. The van der Waals surface area contributed by atoms with Gasteiger partial charge in [-0.25, -0.2) is 0 Å². The lowest BCUT2D eigenvalue weighted by atomic mass is 10.1. The predicted molar refractivity (Wildman–Crippen MR) is 57.9 cm³/mol. The van der Waals surface area contributed by atoms with Gasteiger partial charge in [-0.2, -0.15) is 5.26 Å². The number of morpholine rings is 1. The average molecular weight is 216 g/mol. The number of nitrogens with zero attached hydrogens (tertiary/aromatic N) is 2. The molecule has 1 aliphatic rings. The van der Waals surface area contributed by atoms with Crippen molar-refractivity contribution in [1.29, 1.82) is 5.26 Å². The van der Waals surface area contributed by atoms with Crippen LogP contribution in [0.15, 0.2) is 24.3 Å². The third kappa shape index (κ3) is 2.20. The van der Waals surface area contributed by atoms with E-state index in [9.17, 15) is 4.79 Å². The standard InChI is InChI=1S/C12H12N2O2/c13-9-10-2-1-3-11(8-10)12(15)14-4-6-16-7-5-14/h1-3,8H,4-7H2. The van der Waals surface area contributed by atoms with Crippen molar-refractivity contribution in [2.45, 2.75) is 0 Å². The summed E-state index contributed by atoms with van der Waals surface area (Å²) in [5, 5.41) is 8.76. The number of rotatable bonds is 1. The van der Waals surface area contributed by atoms with Gasteiger partial charge in [-0.15, -0.1) is 0 Å². The molecule has 16 heavy (non-hydrogen) atoms. The molecule has 1 aliphatic heterocycles. The van der Waals surface area contributed by atoms with Crippen LogP contribution in [-0.4, -0.2) is 37.1 Å². The Hall–Kier alpha value is -1.86.